The zero-order valence-electron chi connectivity index (χ0n) is 24.8. The van der Waals surface area contributed by atoms with Gasteiger partial charge in [-0.2, -0.15) is 0 Å². The molecule has 0 aromatic carbocycles. The van der Waals surface area contributed by atoms with Crippen LogP contribution in [0.1, 0.15) is 181 Å². The van der Waals surface area contributed by atoms with Gasteiger partial charge >= 0.3 is 11.9 Å². The monoisotopic (exact) mass is 522 g/mol. The zero-order valence-corrected chi connectivity index (χ0v) is 24.8. The van der Waals surface area contributed by atoms with Crippen molar-refractivity contribution in [2.75, 3.05) is 0 Å². The van der Waals surface area contributed by atoms with Crippen molar-refractivity contribution in [2.45, 2.75) is 187 Å². The lowest BCUT2D eigenvalue weighted by molar-refractivity contribution is -0.149. The molecule has 4 nitrogen and oxygen atoms in total. The van der Waals surface area contributed by atoms with Crippen LogP contribution in [0.15, 0.2) is 12.2 Å². The minimum atomic E-state index is -0.677. The molecule has 0 saturated heterocycles. The third kappa shape index (κ3) is 29.1. The highest BCUT2D eigenvalue weighted by atomic mass is 16.5. The summed E-state index contributed by atoms with van der Waals surface area (Å²) in [5.74, 6) is -0.678. The van der Waals surface area contributed by atoms with Gasteiger partial charge in [0.25, 0.3) is 0 Å². The highest BCUT2D eigenvalue weighted by molar-refractivity contribution is 5.69. The lowest BCUT2D eigenvalue weighted by atomic mass is 10.0. The summed E-state index contributed by atoms with van der Waals surface area (Å²) in [6.07, 6.45) is 34.4. The van der Waals surface area contributed by atoms with E-state index in [1.165, 1.54) is 103 Å². The van der Waals surface area contributed by atoms with E-state index in [-0.39, 0.29) is 12.1 Å². The summed E-state index contributed by atoms with van der Waals surface area (Å²) in [6.45, 7) is 4.38. The van der Waals surface area contributed by atoms with E-state index in [0.29, 0.717) is 12.8 Å². The highest BCUT2D eigenvalue weighted by Gasteiger charge is 2.12. The first-order chi connectivity index (χ1) is 18.1. The van der Waals surface area contributed by atoms with E-state index >= 15 is 0 Å². The largest absolute Gasteiger partial charge is 0.481 e. The van der Waals surface area contributed by atoms with Crippen molar-refractivity contribution >= 4 is 11.9 Å². The lowest BCUT2D eigenvalue weighted by Crippen LogP contribution is -2.17. The maximum absolute atomic E-state index is 12.2. The normalized spacial score (nSPS) is 12.3. The summed E-state index contributed by atoms with van der Waals surface area (Å²) in [6, 6.07) is 0. The summed E-state index contributed by atoms with van der Waals surface area (Å²) in [7, 11) is 0. The van der Waals surface area contributed by atoms with Gasteiger partial charge in [0.1, 0.15) is 6.10 Å². The second-order valence-electron chi connectivity index (χ2n) is 11.0. The second kappa shape index (κ2) is 29.2. The predicted molar refractivity (Wildman–Crippen MR) is 158 cm³/mol. The van der Waals surface area contributed by atoms with E-state index < -0.39 is 5.97 Å². The van der Waals surface area contributed by atoms with Gasteiger partial charge in [0.15, 0.2) is 0 Å². The average Bonchev–Trinajstić information content (AvgIpc) is 2.88. The SMILES string of the molecule is CCCCCC/C=C\CCCCCCCCC(=O)OC(CC)CCCCCCCCCCCCC(=O)O. The molecule has 0 bridgehead atoms. The number of hydrogen-bond acceptors (Lipinski definition) is 3. The van der Waals surface area contributed by atoms with Crippen molar-refractivity contribution in [3.63, 3.8) is 0 Å². The molecule has 0 aliphatic rings. The molecule has 1 atom stereocenters. The van der Waals surface area contributed by atoms with E-state index in [9.17, 15) is 9.59 Å². The molecule has 4 heteroatoms. The van der Waals surface area contributed by atoms with Crippen LogP contribution in [0.5, 0.6) is 0 Å². The van der Waals surface area contributed by atoms with E-state index in [2.05, 4.69) is 26.0 Å². The van der Waals surface area contributed by atoms with Crippen LogP contribution in [0, 0.1) is 0 Å². The number of esters is 1. The maximum Gasteiger partial charge on any atom is 0.306 e. The molecule has 218 valence electrons. The smallest absolute Gasteiger partial charge is 0.306 e. The number of allylic oxidation sites excluding steroid dienone is 2. The summed E-state index contributed by atoms with van der Waals surface area (Å²) in [5.41, 5.74) is 0. The molecule has 0 saturated carbocycles. The number of carboxylic acids is 1. The van der Waals surface area contributed by atoms with Gasteiger partial charge in [0.2, 0.25) is 0 Å². The van der Waals surface area contributed by atoms with Crippen LogP contribution in [0.2, 0.25) is 0 Å². The average molecular weight is 523 g/mol. The first kappa shape index (κ1) is 35.7. The van der Waals surface area contributed by atoms with Gasteiger partial charge in [-0.25, -0.2) is 0 Å². The topological polar surface area (TPSA) is 63.6 Å². The van der Waals surface area contributed by atoms with Gasteiger partial charge < -0.3 is 9.84 Å². The first-order valence-electron chi connectivity index (χ1n) is 16.2. The first-order valence-corrected chi connectivity index (χ1v) is 16.2. The standard InChI is InChI=1S/C33H62O4/c1-3-5-6-7-8-9-10-11-12-13-18-21-24-27-30-33(36)37-31(4-2)28-25-22-19-16-14-15-17-20-23-26-29-32(34)35/h9-10,31H,3-8,11-30H2,1-2H3,(H,34,35)/b10-9-. The molecule has 37 heavy (non-hydrogen) atoms. The van der Waals surface area contributed by atoms with Gasteiger partial charge in [-0.1, -0.05) is 122 Å². The molecule has 0 radical (unpaired) electrons. The number of carboxylic acid groups (broad SMARTS) is 1. The third-order valence-corrected chi connectivity index (χ3v) is 7.31. The van der Waals surface area contributed by atoms with Gasteiger partial charge in [0.05, 0.1) is 0 Å². The van der Waals surface area contributed by atoms with E-state index in [4.69, 9.17) is 9.84 Å². The molecule has 0 aliphatic carbocycles. The second-order valence-corrected chi connectivity index (χ2v) is 11.0. The maximum atomic E-state index is 12.2. The Balaban J connectivity index is 3.46. The number of unbranched alkanes of at least 4 members (excludes halogenated alkanes) is 19. The molecule has 0 aliphatic heterocycles. The van der Waals surface area contributed by atoms with Crippen LogP contribution >= 0.6 is 0 Å². The third-order valence-electron chi connectivity index (χ3n) is 7.31. The zero-order chi connectivity index (χ0) is 27.2. The van der Waals surface area contributed by atoms with Crippen molar-refractivity contribution in [1.29, 1.82) is 0 Å². The van der Waals surface area contributed by atoms with Crippen molar-refractivity contribution < 1.29 is 19.4 Å². The molecule has 1 unspecified atom stereocenters. The molecule has 0 rings (SSSR count). The fourth-order valence-electron chi connectivity index (χ4n) is 4.82. The Labute approximate surface area is 230 Å². The number of carbonyl (C=O) groups is 2. The van der Waals surface area contributed by atoms with Crippen LogP contribution in [-0.2, 0) is 14.3 Å². The van der Waals surface area contributed by atoms with Gasteiger partial charge in [-0.3, -0.25) is 9.59 Å². The Morgan fingerprint density at radius 1 is 0.595 bits per heavy atom. The number of ether oxygens (including phenoxy) is 1. The highest BCUT2D eigenvalue weighted by Crippen LogP contribution is 2.16. The van der Waals surface area contributed by atoms with Gasteiger partial charge in [-0.15, -0.1) is 0 Å². The summed E-state index contributed by atoms with van der Waals surface area (Å²) in [4.78, 5) is 22.7. The van der Waals surface area contributed by atoms with Crippen LogP contribution in [0.25, 0.3) is 0 Å². The van der Waals surface area contributed by atoms with E-state index in [0.717, 1.165) is 51.4 Å². The van der Waals surface area contributed by atoms with Crippen molar-refractivity contribution in [3.05, 3.63) is 12.2 Å². The predicted octanol–water partition coefficient (Wildman–Crippen LogP) is 10.7. The molecular weight excluding hydrogens is 460 g/mol. The molecule has 0 fully saturated rings. The minimum absolute atomic E-state index is 0.000668. The number of rotatable bonds is 29. The Bertz CT molecular complexity index is 528. The lowest BCUT2D eigenvalue weighted by Gasteiger charge is -2.16. The van der Waals surface area contributed by atoms with E-state index in [1.54, 1.807) is 0 Å². The number of carbonyl (C=O) groups excluding carboxylic acids is 1. The molecule has 0 aromatic heterocycles. The number of aliphatic carboxylic acids is 1. The fraction of sp³-hybridized carbons (Fsp3) is 0.879. The molecule has 0 heterocycles. The summed E-state index contributed by atoms with van der Waals surface area (Å²) in [5, 5.41) is 8.63. The minimum Gasteiger partial charge on any atom is -0.481 e. The molecule has 0 amide bonds. The molecule has 0 spiro atoms. The van der Waals surface area contributed by atoms with Crippen molar-refractivity contribution in [3.8, 4) is 0 Å². The van der Waals surface area contributed by atoms with Crippen LogP contribution in [-0.4, -0.2) is 23.1 Å². The Kier molecular flexibility index (Phi) is 28.2. The quantitative estimate of drug-likeness (QED) is 0.0602. The van der Waals surface area contributed by atoms with Crippen molar-refractivity contribution in [2.24, 2.45) is 0 Å². The number of hydrogen-bond donors (Lipinski definition) is 1. The Hall–Kier alpha value is -1.32. The van der Waals surface area contributed by atoms with Crippen molar-refractivity contribution in [1.82, 2.24) is 0 Å². The van der Waals surface area contributed by atoms with Gasteiger partial charge in [-0.05, 0) is 57.8 Å². The summed E-state index contributed by atoms with van der Waals surface area (Å²) >= 11 is 0. The molecule has 0 aromatic rings. The summed E-state index contributed by atoms with van der Waals surface area (Å²) < 4.78 is 5.74. The Morgan fingerprint density at radius 2 is 1.03 bits per heavy atom. The van der Waals surface area contributed by atoms with Gasteiger partial charge in [0, 0.05) is 12.8 Å². The van der Waals surface area contributed by atoms with E-state index in [1.807, 2.05) is 0 Å². The Morgan fingerprint density at radius 3 is 1.51 bits per heavy atom. The molecule has 1 N–H and O–H groups in total. The fourth-order valence-corrected chi connectivity index (χ4v) is 4.82. The van der Waals surface area contributed by atoms with Crippen LogP contribution in [0.3, 0.4) is 0 Å². The van der Waals surface area contributed by atoms with Crippen LogP contribution < -0.4 is 0 Å². The molecular formula is C33H62O4. The van der Waals surface area contributed by atoms with Crippen LogP contribution in [0.4, 0.5) is 0 Å².